The molecule has 0 spiro atoms. The Hall–Kier alpha value is -3.24. The highest BCUT2D eigenvalue weighted by Gasteiger charge is 2.31. The number of rotatable bonds is 9. The van der Waals surface area contributed by atoms with Gasteiger partial charge >= 0.3 is 11.9 Å². The molecule has 0 saturated carbocycles. The lowest BCUT2D eigenvalue weighted by Crippen LogP contribution is -2.42. The van der Waals surface area contributed by atoms with Gasteiger partial charge in [-0.15, -0.1) is 0 Å². The first-order valence-corrected chi connectivity index (χ1v) is 13.0. The van der Waals surface area contributed by atoms with Crippen LogP contribution in [0.5, 0.6) is 0 Å². The van der Waals surface area contributed by atoms with Crippen LogP contribution in [0.25, 0.3) is 0 Å². The number of piperidine rings is 1. The third kappa shape index (κ3) is 6.89. The molecule has 0 atom stereocenters. The lowest BCUT2D eigenvalue weighted by atomic mass is 9.97. The van der Waals surface area contributed by atoms with Crippen molar-refractivity contribution < 1.29 is 32.3 Å². The van der Waals surface area contributed by atoms with Crippen LogP contribution in [0, 0.1) is 5.92 Å². The van der Waals surface area contributed by atoms with Gasteiger partial charge in [0, 0.05) is 19.0 Å². The lowest BCUT2D eigenvalue weighted by Gasteiger charge is -2.30. The van der Waals surface area contributed by atoms with Crippen LogP contribution in [-0.2, 0) is 30.7 Å². The second-order valence-corrected chi connectivity index (χ2v) is 10.4. The molecule has 1 fully saturated rings. The molecule has 0 aromatic heterocycles. The Balaban J connectivity index is 1.59. The predicted octanol–water partition coefficient (Wildman–Crippen LogP) is 2.87. The molecule has 3 rings (SSSR count). The van der Waals surface area contributed by atoms with Crippen LogP contribution in [0.4, 0.5) is 5.69 Å². The Bertz CT molecular complexity index is 1160. The minimum Gasteiger partial charge on any atom is -0.465 e. The van der Waals surface area contributed by atoms with Gasteiger partial charge in [-0.1, -0.05) is 30.3 Å². The number of hydrogen-bond donors (Lipinski definition) is 1. The highest BCUT2D eigenvalue weighted by Crippen LogP contribution is 2.25. The Morgan fingerprint density at radius 2 is 1.63 bits per heavy atom. The largest absolute Gasteiger partial charge is 0.465 e. The van der Waals surface area contributed by atoms with Crippen LogP contribution < -0.4 is 5.32 Å². The summed E-state index contributed by atoms with van der Waals surface area (Å²) < 4.78 is 36.4. The number of carbonyl (C=O) groups excluding carboxylic acids is 3. The Kier molecular flexibility index (Phi) is 9.00. The van der Waals surface area contributed by atoms with E-state index in [1.165, 1.54) is 36.7 Å². The number of hydrogen-bond acceptors (Lipinski definition) is 7. The number of aryl methyl sites for hydroxylation is 1. The van der Waals surface area contributed by atoms with E-state index in [0.717, 1.165) is 5.56 Å². The van der Waals surface area contributed by atoms with Crippen molar-refractivity contribution in [3.63, 3.8) is 0 Å². The molecule has 1 heterocycles. The van der Waals surface area contributed by atoms with Crippen LogP contribution in [0.1, 0.15) is 45.5 Å². The van der Waals surface area contributed by atoms with Crippen molar-refractivity contribution in [3.05, 3.63) is 65.2 Å². The van der Waals surface area contributed by atoms with Crippen LogP contribution in [0.2, 0.25) is 0 Å². The van der Waals surface area contributed by atoms with Gasteiger partial charge in [-0.3, -0.25) is 4.79 Å². The molecule has 1 amide bonds. The number of ether oxygens (including phenoxy) is 2. The summed E-state index contributed by atoms with van der Waals surface area (Å²) in [5, 5.41) is 2.71. The predicted molar refractivity (Wildman–Crippen MR) is 131 cm³/mol. The lowest BCUT2D eigenvalue weighted by molar-refractivity contribution is -0.120. The number of amides is 1. The van der Waals surface area contributed by atoms with Crippen molar-refractivity contribution >= 4 is 33.6 Å². The molecule has 1 saturated heterocycles. The molecule has 0 bridgehead atoms. The fourth-order valence-electron chi connectivity index (χ4n) is 4.04. The molecule has 0 unspecified atom stereocenters. The van der Waals surface area contributed by atoms with Gasteiger partial charge in [-0.25, -0.2) is 22.3 Å². The van der Waals surface area contributed by atoms with Gasteiger partial charge in [-0.2, -0.15) is 0 Å². The van der Waals surface area contributed by atoms with Gasteiger partial charge in [-0.05, 0) is 49.4 Å². The molecule has 0 radical (unpaired) electrons. The van der Waals surface area contributed by atoms with Crippen molar-refractivity contribution in [2.45, 2.75) is 25.7 Å². The first kappa shape index (κ1) is 26.4. The van der Waals surface area contributed by atoms with E-state index in [4.69, 9.17) is 9.47 Å². The summed E-state index contributed by atoms with van der Waals surface area (Å²) in [7, 11) is -0.957. The van der Waals surface area contributed by atoms with E-state index in [2.05, 4.69) is 5.32 Å². The topological polar surface area (TPSA) is 119 Å². The number of benzene rings is 2. The number of nitrogens with one attached hydrogen (secondary N) is 1. The number of sulfonamides is 1. The minimum atomic E-state index is -3.41. The number of esters is 2. The highest BCUT2D eigenvalue weighted by atomic mass is 32.2. The number of anilines is 1. The van der Waals surface area contributed by atoms with Crippen molar-refractivity contribution in [2.24, 2.45) is 5.92 Å². The Morgan fingerprint density at radius 1 is 0.971 bits per heavy atom. The zero-order chi connectivity index (χ0) is 25.4. The number of nitrogens with zero attached hydrogens (tertiary/aromatic N) is 1. The van der Waals surface area contributed by atoms with Gasteiger partial charge in [0.05, 0.1) is 36.8 Å². The fourth-order valence-corrected chi connectivity index (χ4v) is 5.58. The fraction of sp³-hybridized carbons (Fsp3) is 0.400. The van der Waals surface area contributed by atoms with E-state index >= 15 is 0 Å². The van der Waals surface area contributed by atoms with Crippen molar-refractivity contribution in [2.75, 3.05) is 38.4 Å². The van der Waals surface area contributed by atoms with E-state index in [1.807, 2.05) is 30.3 Å². The molecular weight excluding hydrogens is 472 g/mol. The Morgan fingerprint density at radius 3 is 2.26 bits per heavy atom. The molecule has 2 aromatic carbocycles. The molecule has 1 N–H and O–H groups in total. The quantitative estimate of drug-likeness (QED) is 0.524. The van der Waals surface area contributed by atoms with Gasteiger partial charge in [0.2, 0.25) is 15.9 Å². The summed E-state index contributed by atoms with van der Waals surface area (Å²) >= 11 is 0. The molecule has 1 aliphatic heterocycles. The van der Waals surface area contributed by atoms with E-state index < -0.39 is 27.9 Å². The van der Waals surface area contributed by atoms with E-state index in [1.54, 1.807) is 0 Å². The van der Waals surface area contributed by atoms with Gasteiger partial charge < -0.3 is 14.8 Å². The van der Waals surface area contributed by atoms with Crippen molar-refractivity contribution in [1.82, 2.24) is 4.31 Å². The van der Waals surface area contributed by atoms with Gasteiger partial charge in [0.15, 0.2) is 0 Å². The van der Waals surface area contributed by atoms with Crippen LogP contribution in [0.3, 0.4) is 0 Å². The average molecular weight is 503 g/mol. The van der Waals surface area contributed by atoms with Crippen molar-refractivity contribution in [1.29, 1.82) is 0 Å². The first-order chi connectivity index (χ1) is 16.7. The molecule has 1 aliphatic rings. The number of carbonyl (C=O) groups is 3. The third-order valence-electron chi connectivity index (χ3n) is 6.03. The maximum Gasteiger partial charge on any atom is 0.339 e. The van der Waals surface area contributed by atoms with Gasteiger partial charge in [0.25, 0.3) is 0 Å². The molecule has 0 aliphatic carbocycles. The van der Waals surface area contributed by atoms with Crippen LogP contribution in [-0.4, -0.2) is 63.6 Å². The zero-order valence-electron chi connectivity index (χ0n) is 19.9. The monoisotopic (exact) mass is 502 g/mol. The van der Waals surface area contributed by atoms with Crippen LogP contribution >= 0.6 is 0 Å². The summed E-state index contributed by atoms with van der Waals surface area (Å²) in [5.74, 6) is -1.99. The standard InChI is InChI=1S/C25H30N2O7S/c1-33-24(29)20-10-11-21(25(30)34-2)22(17-20)26-23(28)19-12-14-27(15-13-19)35(31,32)16-6-9-18-7-4-3-5-8-18/h3-5,7-8,10-11,17,19H,6,9,12-16H2,1-2H3,(H,26,28). The van der Waals surface area contributed by atoms with E-state index in [0.29, 0.717) is 25.7 Å². The summed E-state index contributed by atoms with van der Waals surface area (Å²) in [5.41, 5.74) is 1.51. The second-order valence-electron chi connectivity index (χ2n) is 8.31. The summed E-state index contributed by atoms with van der Waals surface area (Å²) in [4.78, 5) is 36.9. The third-order valence-corrected chi connectivity index (χ3v) is 7.99. The molecular formula is C25H30N2O7S. The van der Waals surface area contributed by atoms with Gasteiger partial charge in [0.1, 0.15) is 0 Å². The summed E-state index contributed by atoms with van der Waals surface area (Å²) in [6, 6.07) is 13.9. The SMILES string of the molecule is COC(=O)c1ccc(C(=O)OC)c(NC(=O)C2CCN(S(=O)(=O)CCCc3ccccc3)CC2)c1. The highest BCUT2D eigenvalue weighted by molar-refractivity contribution is 7.89. The molecule has 35 heavy (non-hydrogen) atoms. The smallest absolute Gasteiger partial charge is 0.339 e. The summed E-state index contributed by atoms with van der Waals surface area (Å²) in [6.45, 7) is 0.496. The maximum atomic E-state index is 12.9. The maximum absolute atomic E-state index is 12.9. The molecule has 10 heteroatoms. The number of methoxy groups -OCH3 is 2. The molecule has 2 aromatic rings. The first-order valence-electron chi connectivity index (χ1n) is 11.4. The second kappa shape index (κ2) is 11.9. The average Bonchev–Trinajstić information content (AvgIpc) is 2.88. The van der Waals surface area contributed by atoms with Crippen molar-refractivity contribution in [3.8, 4) is 0 Å². The molecule has 9 nitrogen and oxygen atoms in total. The Labute approximate surface area is 205 Å². The normalized spacial score (nSPS) is 14.8. The summed E-state index contributed by atoms with van der Waals surface area (Å²) in [6.07, 6.45) is 1.92. The van der Waals surface area contributed by atoms with Crippen LogP contribution in [0.15, 0.2) is 48.5 Å². The molecule has 188 valence electrons. The van der Waals surface area contributed by atoms with E-state index in [-0.39, 0.29) is 41.6 Å². The van der Waals surface area contributed by atoms with E-state index in [9.17, 15) is 22.8 Å². The minimum absolute atomic E-state index is 0.0571. The zero-order valence-corrected chi connectivity index (χ0v) is 20.7.